The summed E-state index contributed by atoms with van der Waals surface area (Å²) in [7, 11) is 0. The molecule has 3 aromatic rings. The number of carbonyl (C=O) groups is 2. The second-order valence-corrected chi connectivity index (χ2v) is 10.2. The minimum Gasteiger partial charge on any atom is -0.369 e. The average Bonchev–Trinajstić information content (AvgIpc) is 2.88. The molecule has 1 saturated heterocycles. The van der Waals surface area contributed by atoms with Gasteiger partial charge in [-0.05, 0) is 61.3 Å². The van der Waals surface area contributed by atoms with Crippen LogP contribution in [0.2, 0.25) is 0 Å². The normalized spacial score (nSPS) is 17.4. The van der Waals surface area contributed by atoms with Gasteiger partial charge in [0.15, 0.2) is 0 Å². The van der Waals surface area contributed by atoms with Gasteiger partial charge in [-0.1, -0.05) is 48.2 Å². The summed E-state index contributed by atoms with van der Waals surface area (Å²) in [6, 6.07) is 24.6. The third-order valence-corrected chi connectivity index (χ3v) is 7.78. The molecule has 1 atom stereocenters. The van der Waals surface area contributed by atoms with Gasteiger partial charge >= 0.3 is 0 Å². The van der Waals surface area contributed by atoms with E-state index in [2.05, 4.69) is 51.5 Å². The van der Waals surface area contributed by atoms with E-state index in [1.165, 1.54) is 9.79 Å². The predicted molar refractivity (Wildman–Crippen MR) is 141 cm³/mol. The molecule has 2 aliphatic heterocycles. The molecule has 35 heavy (non-hydrogen) atoms. The van der Waals surface area contributed by atoms with Crippen LogP contribution in [0.4, 0.5) is 17.1 Å². The summed E-state index contributed by atoms with van der Waals surface area (Å²) in [4.78, 5) is 31.2. The van der Waals surface area contributed by atoms with Gasteiger partial charge in [-0.3, -0.25) is 14.5 Å². The van der Waals surface area contributed by atoms with Crippen molar-refractivity contribution in [2.75, 3.05) is 29.9 Å². The first-order chi connectivity index (χ1) is 17.1. The highest BCUT2D eigenvalue weighted by molar-refractivity contribution is 7.99. The van der Waals surface area contributed by atoms with Gasteiger partial charge in [0.05, 0.1) is 17.3 Å². The summed E-state index contributed by atoms with van der Waals surface area (Å²) >= 11 is 1.77. The molecule has 5 rings (SSSR count). The molecule has 7 heteroatoms. The molecule has 0 bridgehead atoms. The summed E-state index contributed by atoms with van der Waals surface area (Å²) in [5.74, 6) is -0.269. The highest BCUT2D eigenvalue weighted by atomic mass is 32.2. The van der Waals surface area contributed by atoms with Crippen molar-refractivity contribution >= 4 is 40.6 Å². The smallest absolute Gasteiger partial charge is 0.226 e. The Kier molecular flexibility index (Phi) is 7.06. The van der Waals surface area contributed by atoms with E-state index in [1.807, 2.05) is 36.4 Å². The largest absolute Gasteiger partial charge is 0.369 e. The van der Waals surface area contributed by atoms with Gasteiger partial charge in [-0.2, -0.15) is 0 Å². The number of nitrogens with one attached hydrogen (secondary N) is 1. The molecule has 3 aromatic carbocycles. The van der Waals surface area contributed by atoms with Gasteiger partial charge in [-0.25, -0.2) is 0 Å². The number of primary amides is 1. The number of amides is 2. The number of benzene rings is 3. The number of rotatable bonds is 7. The van der Waals surface area contributed by atoms with Crippen molar-refractivity contribution in [1.82, 2.24) is 4.90 Å². The van der Waals surface area contributed by atoms with Gasteiger partial charge in [0, 0.05) is 41.5 Å². The molecule has 2 aliphatic rings. The Morgan fingerprint density at radius 3 is 2.26 bits per heavy atom. The van der Waals surface area contributed by atoms with Crippen LogP contribution in [-0.4, -0.2) is 36.3 Å². The molecular weight excluding hydrogens is 456 g/mol. The van der Waals surface area contributed by atoms with E-state index >= 15 is 0 Å². The lowest BCUT2D eigenvalue weighted by molar-refractivity contribution is -0.123. The average molecular weight is 487 g/mol. The Hall–Kier alpha value is -3.29. The Morgan fingerprint density at radius 1 is 0.943 bits per heavy atom. The lowest BCUT2D eigenvalue weighted by atomic mass is 9.97. The SMILES string of the molecule is NC(=O)C1CCCN(Cc2ccc(NC(=O)CCN3c4ccccc4Sc4ccccc43)cc2)C1. The van der Waals surface area contributed by atoms with E-state index in [0.29, 0.717) is 13.0 Å². The number of hydrogen-bond donors (Lipinski definition) is 2. The molecular formula is C28H30N4O2S. The Labute approximate surface area is 210 Å². The minimum absolute atomic E-state index is 0.00808. The van der Waals surface area contributed by atoms with Crippen LogP contribution in [0, 0.1) is 5.92 Å². The summed E-state index contributed by atoms with van der Waals surface area (Å²) in [6.07, 6.45) is 2.26. The fraction of sp³-hybridized carbons (Fsp3) is 0.286. The van der Waals surface area contributed by atoms with Crippen LogP contribution in [0.25, 0.3) is 0 Å². The second kappa shape index (κ2) is 10.5. The fourth-order valence-corrected chi connectivity index (χ4v) is 5.94. The molecule has 1 unspecified atom stereocenters. The maximum absolute atomic E-state index is 12.8. The quantitative estimate of drug-likeness (QED) is 0.491. The Morgan fingerprint density at radius 2 is 1.60 bits per heavy atom. The van der Waals surface area contributed by atoms with Crippen molar-refractivity contribution in [1.29, 1.82) is 0 Å². The highest BCUT2D eigenvalue weighted by Crippen LogP contribution is 2.47. The maximum atomic E-state index is 12.8. The van der Waals surface area contributed by atoms with Gasteiger partial charge < -0.3 is 16.0 Å². The van der Waals surface area contributed by atoms with Gasteiger partial charge in [0.25, 0.3) is 0 Å². The summed E-state index contributed by atoms with van der Waals surface area (Å²) in [5.41, 5.74) is 9.74. The van der Waals surface area contributed by atoms with E-state index in [9.17, 15) is 9.59 Å². The molecule has 180 valence electrons. The van der Waals surface area contributed by atoms with E-state index in [-0.39, 0.29) is 17.7 Å². The number of nitrogens with zero attached hydrogens (tertiary/aromatic N) is 2. The third kappa shape index (κ3) is 5.52. The standard InChI is InChI=1S/C28H30N4O2S/c29-28(34)21-6-5-16-31(19-21)18-20-11-13-22(14-12-20)30-27(33)15-17-32-23-7-1-3-9-25(23)35-26-10-4-2-8-24(26)32/h1-4,7-14,21H,5-6,15-19H2,(H2,29,34)(H,30,33). The number of piperidine rings is 1. The van der Waals surface area contributed by atoms with Crippen LogP contribution >= 0.6 is 11.8 Å². The van der Waals surface area contributed by atoms with Crippen molar-refractivity contribution in [3.8, 4) is 0 Å². The van der Waals surface area contributed by atoms with Crippen LogP contribution < -0.4 is 16.0 Å². The molecule has 0 saturated carbocycles. The van der Waals surface area contributed by atoms with E-state index in [1.54, 1.807) is 11.8 Å². The van der Waals surface area contributed by atoms with Crippen LogP contribution in [0.3, 0.4) is 0 Å². The molecule has 0 spiro atoms. The monoisotopic (exact) mass is 486 g/mol. The molecule has 2 heterocycles. The molecule has 1 fully saturated rings. The fourth-order valence-electron chi connectivity index (χ4n) is 4.84. The summed E-state index contributed by atoms with van der Waals surface area (Å²) in [6.45, 7) is 3.08. The zero-order chi connectivity index (χ0) is 24.2. The van der Waals surface area contributed by atoms with Crippen LogP contribution in [0.15, 0.2) is 82.6 Å². The van der Waals surface area contributed by atoms with Crippen LogP contribution in [-0.2, 0) is 16.1 Å². The zero-order valence-corrected chi connectivity index (χ0v) is 20.5. The first-order valence-electron chi connectivity index (χ1n) is 12.1. The molecule has 0 aromatic heterocycles. The molecule has 2 amide bonds. The first kappa shape index (κ1) is 23.5. The zero-order valence-electron chi connectivity index (χ0n) is 19.7. The van der Waals surface area contributed by atoms with E-state index < -0.39 is 0 Å². The topological polar surface area (TPSA) is 78.7 Å². The number of likely N-dealkylation sites (tertiary alicyclic amines) is 1. The van der Waals surface area contributed by atoms with Gasteiger partial charge in [0.2, 0.25) is 11.8 Å². The van der Waals surface area contributed by atoms with Crippen molar-refractivity contribution in [2.45, 2.75) is 35.6 Å². The first-order valence-corrected chi connectivity index (χ1v) is 12.9. The van der Waals surface area contributed by atoms with Crippen LogP contribution in [0.1, 0.15) is 24.8 Å². The van der Waals surface area contributed by atoms with Crippen molar-refractivity contribution in [2.24, 2.45) is 11.7 Å². The summed E-state index contributed by atoms with van der Waals surface area (Å²) < 4.78 is 0. The third-order valence-electron chi connectivity index (χ3n) is 6.65. The lowest BCUT2D eigenvalue weighted by Crippen LogP contribution is -2.40. The highest BCUT2D eigenvalue weighted by Gasteiger charge is 2.24. The second-order valence-electron chi connectivity index (χ2n) is 9.16. The molecule has 3 N–H and O–H groups in total. The van der Waals surface area contributed by atoms with Crippen molar-refractivity contribution < 1.29 is 9.59 Å². The van der Waals surface area contributed by atoms with Gasteiger partial charge in [0.1, 0.15) is 0 Å². The van der Waals surface area contributed by atoms with Crippen molar-refractivity contribution in [3.63, 3.8) is 0 Å². The maximum Gasteiger partial charge on any atom is 0.226 e. The number of carbonyl (C=O) groups excluding carboxylic acids is 2. The predicted octanol–water partition coefficient (Wildman–Crippen LogP) is 5.02. The number of hydrogen-bond acceptors (Lipinski definition) is 5. The van der Waals surface area contributed by atoms with E-state index in [0.717, 1.165) is 55.1 Å². The number of anilines is 3. The number of nitrogens with two attached hydrogens (primary N) is 1. The lowest BCUT2D eigenvalue weighted by Gasteiger charge is -2.32. The molecule has 0 aliphatic carbocycles. The molecule has 6 nitrogen and oxygen atoms in total. The molecule has 0 radical (unpaired) electrons. The van der Waals surface area contributed by atoms with Crippen molar-refractivity contribution in [3.05, 3.63) is 78.4 Å². The Balaban J connectivity index is 1.18. The van der Waals surface area contributed by atoms with Gasteiger partial charge in [-0.15, -0.1) is 0 Å². The summed E-state index contributed by atoms with van der Waals surface area (Å²) in [5, 5.41) is 3.04. The van der Waals surface area contributed by atoms with E-state index in [4.69, 9.17) is 5.73 Å². The minimum atomic E-state index is -0.206. The van der Waals surface area contributed by atoms with Crippen LogP contribution in [0.5, 0.6) is 0 Å². The number of fused-ring (bicyclic) bond motifs is 2. The number of para-hydroxylation sites is 2. The Bertz CT molecular complexity index is 1170.